The fourth-order valence-corrected chi connectivity index (χ4v) is 1.08. The van der Waals surface area contributed by atoms with E-state index in [0.717, 1.165) is 0 Å². The van der Waals surface area contributed by atoms with Crippen molar-refractivity contribution in [2.24, 2.45) is 0 Å². The summed E-state index contributed by atoms with van der Waals surface area (Å²) >= 11 is 5.81. The molecular weight excluding hydrogens is 190 g/mol. The summed E-state index contributed by atoms with van der Waals surface area (Å²) in [4.78, 5) is 15.2. The van der Waals surface area contributed by atoms with Crippen LogP contribution in [0.1, 0.15) is 24.3 Å². The van der Waals surface area contributed by atoms with Gasteiger partial charge in [-0.1, -0.05) is 11.6 Å². The van der Waals surface area contributed by atoms with E-state index in [9.17, 15) is 4.79 Å². The molecule has 0 fully saturated rings. The van der Waals surface area contributed by atoms with Crippen molar-refractivity contribution in [1.29, 1.82) is 0 Å². The number of ether oxygens (including phenoxy) is 1. The van der Waals surface area contributed by atoms with Crippen molar-refractivity contribution in [2.45, 2.75) is 13.8 Å². The first-order valence-electron chi connectivity index (χ1n) is 4.50. The van der Waals surface area contributed by atoms with Gasteiger partial charge in [0.15, 0.2) is 0 Å². The van der Waals surface area contributed by atoms with Gasteiger partial charge in [-0.15, -0.1) is 0 Å². The summed E-state index contributed by atoms with van der Waals surface area (Å²) in [6.07, 6.45) is 1.34. The minimum atomic E-state index is -0.485. The molecule has 0 N–H and O–H groups in total. The highest BCUT2D eigenvalue weighted by molar-refractivity contribution is 6.33. The van der Waals surface area contributed by atoms with E-state index in [1.807, 2.05) is 0 Å². The van der Waals surface area contributed by atoms with Crippen LogP contribution in [0.5, 0.6) is 0 Å². The van der Waals surface area contributed by atoms with Crippen molar-refractivity contribution in [3.05, 3.63) is 28.5 Å². The molecule has 0 atom stereocenters. The van der Waals surface area contributed by atoms with Crippen LogP contribution in [0.2, 0.25) is 5.02 Å². The second-order valence-electron chi connectivity index (χ2n) is 2.38. The standard InChI is InChI=1S/C9H10ClNO2/c1-3-13-9(12)7-5-11-6(2)4-8(7)10/h4-5H,3H2,1-2H3/i2D. The Morgan fingerprint density at radius 1 is 1.85 bits per heavy atom. The lowest BCUT2D eigenvalue weighted by atomic mass is 10.2. The summed E-state index contributed by atoms with van der Waals surface area (Å²) in [5.74, 6) is -0.485. The van der Waals surface area contributed by atoms with Crippen LogP contribution in [0.15, 0.2) is 12.3 Å². The summed E-state index contributed by atoms with van der Waals surface area (Å²) in [5.41, 5.74) is 0.772. The van der Waals surface area contributed by atoms with Crippen LogP contribution in [-0.4, -0.2) is 17.6 Å². The number of halogens is 1. The molecule has 4 heteroatoms. The summed E-state index contributed by atoms with van der Waals surface area (Å²) in [7, 11) is 0. The summed E-state index contributed by atoms with van der Waals surface area (Å²) < 4.78 is 11.8. The molecule has 0 aliphatic heterocycles. The van der Waals surface area contributed by atoms with Gasteiger partial charge < -0.3 is 4.74 Å². The van der Waals surface area contributed by atoms with Crippen LogP contribution in [0.3, 0.4) is 0 Å². The first-order valence-corrected chi connectivity index (χ1v) is 4.17. The Morgan fingerprint density at radius 2 is 2.62 bits per heavy atom. The van der Waals surface area contributed by atoms with Gasteiger partial charge in [0.25, 0.3) is 0 Å². The highest BCUT2D eigenvalue weighted by atomic mass is 35.5. The fourth-order valence-electron chi connectivity index (χ4n) is 0.829. The monoisotopic (exact) mass is 200 g/mol. The lowest BCUT2D eigenvalue weighted by Gasteiger charge is -2.03. The second-order valence-corrected chi connectivity index (χ2v) is 2.78. The number of rotatable bonds is 2. The smallest absolute Gasteiger partial charge is 0.341 e. The largest absolute Gasteiger partial charge is 0.462 e. The third kappa shape index (κ3) is 2.42. The molecule has 0 spiro atoms. The van der Waals surface area contributed by atoms with Crippen LogP contribution in [0.25, 0.3) is 0 Å². The molecule has 0 radical (unpaired) electrons. The molecule has 0 aliphatic rings. The van der Waals surface area contributed by atoms with E-state index in [-0.39, 0.29) is 17.5 Å². The Hall–Kier alpha value is -1.09. The van der Waals surface area contributed by atoms with Crippen molar-refractivity contribution in [2.75, 3.05) is 6.61 Å². The maximum Gasteiger partial charge on any atom is 0.341 e. The van der Waals surface area contributed by atoms with E-state index in [2.05, 4.69) is 4.98 Å². The van der Waals surface area contributed by atoms with Crippen molar-refractivity contribution < 1.29 is 10.9 Å². The first-order chi connectivity index (χ1) is 6.69. The van der Waals surface area contributed by atoms with Crippen molar-refractivity contribution in [3.63, 3.8) is 0 Å². The Labute approximate surface area is 83.1 Å². The Bertz CT molecular complexity index is 344. The molecule has 0 amide bonds. The number of aromatic nitrogens is 1. The Balaban J connectivity index is 2.94. The number of hydrogen-bond donors (Lipinski definition) is 0. The number of hydrogen-bond acceptors (Lipinski definition) is 3. The first kappa shape index (κ1) is 8.51. The number of carbonyl (C=O) groups excluding carboxylic acids is 1. The van der Waals surface area contributed by atoms with Gasteiger partial charge in [0.1, 0.15) is 0 Å². The Morgan fingerprint density at radius 3 is 3.15 bits per heavy atom. The quantitative estimate of drug-likeness (QED) is 0.688. The van der Waals surface area contributed by atoms with E-state index in [1.165, 1.54) is 12.3 Å². The molecule has 3 nitrogen and oxygen atoms in total. The summed E-state index contributed by atoms with van der Waals surface area (Å²) in [6, 6.07) is 1.50. The highest BCUT2D eigenvalue weighted by Crippen LogP contribution is 2.16. The number of esters is 1. The van der Waals surface area contributed by atoms with Gasteiger partial charge in [0.2, 0.25) is 0 Å². The molecule has 0 bridgehead atoms. The molecule has 0 saturated carbocycles. The van der Waals surface area contributed by atoms with Gasteiger partial charge in [-0.05, 0) is 19.9 Å². The number of pyridine rings is 1. The molecule has 1 aromatic rings. The normalized spacial score (nSPS) is 10.8. The molecule has 0 aromatic carbocycles. The van der Waals surface area contributed by atoms with Gasteiger partial charge in [0.05, 0.1) is 17.2 Å². The molecule has 13 heavy (non-hydrogen) atoms. The number of carbonyl (C=O) groups is 1. The molecule has 1 aromatic heterocycles. The zero-order valence-electron chi connectivity index (χ0n) is 8.21. The van der Waals surface area contributed by atoms with Crippen LogP contribution in [0.4, 0.5) is 0 Å². The average Bonchev–Trinajstić information content (AvgIpc) is 2.17. The van der Waals surface area contributed by atoms with E-state index < -0.39 is 5.97 Å². The average molecular weight is 201 g/mol. The van der Waals surface area contributed by atoms with Crippen molar-refractivity contribution >= 4 is 17.6 Å². The number of aryl methyl sites for hydroxylation is 1. The van der Waals surface area contributed by atoms with Gasteiger partial charge in [-0.2, -0.15) is 0 Å². The van der Waals surface area contributed by atoms with Crippen molar-refractivity contribution in [1.82, 2.24) is 4.98 Å². The van der Waals surface area contributed by atoms with Crippen LogP contribution < -0.4 is 0 Å². The molecule has 1 rings (SSSR count). The van der Waals surface area contributed by atoms with E-state index >= 15 is 0 Å². The fraction of sp³-hybridized carbons (Fsp3) is 0.333. The second kappa shape index (κ2) is 4.23. The minimum absolute atomic E-state index is 0.0445. The zero-order chi connectivity index (χ0) is 10.6. The van der Waals surface area contributed by atoms with Gasteiger partial charge in [0, 0.05) is 13.3 Å². The third-order valence-electron chi connectivity index (χ3n) is 1.41. The van der Waals surface area contributed by atoms with Gasteiger partial charge in [-0.25, -0.2) is 4.79 Å². The molecule has 0 saturated heterocycles. The van der Waals surface area contributed by atoms with Crippen LogP contribution in [-0.2, 0) is 4.74 Å². The maximum absolute atomic E-state index is 11.3. The molecule has 0 unspecified atom stereocenters. The van der Waals surface area contributed by atoms with E-state index in [4.69, 9.17) is 17.7 Å². The van der Waals surface area contributed by atoms with E-state index in [0.29, 0.717) is 12.3 Å². The van der Waals surface area contributed by atoms with E-state index in [1.54, 1.807) is 6.92 Å². The van der Waals surface area contributed by atoms with Gasteiger partial charge >= 0.3 is 5.97 Å². The summed E-state index contributed by atoms with van der Waals surface area (Å²) in [5, 5.41) is 0.278. The van der Waals surface area contributed by atoms with Crippen molar-refractivity contribution in [3.8, 4) is 0 Å². The third-order valence-corrected chi connectivity index (χ3v) is 1.72. The predicted molar refractivity (Wildman–Crippen MR) is 49.9 cm³/mol. The van der Waals surface area contributed by atoms with Gasteiger partial charge in [-0.3, -0.25) is 4.98 Å². The topological polar surface area (TPSA) is 39.2 Å². The van der Waals surface area contributed by atoms with Crippen LogP contribution in [0, 0.1) is 6.90 Å². The highest BCUT2D eigenvalue weighted by Gasteiger charge is 2.11. The maximum atomic E-state index is 11.3. The molecule has 0 aliphatic carbocycles. The molecule has 70 valence electrons. The zero-order valence-corrected chi connectivity index (χ0v) is 7.97. The SMILES string of the molecule is [2H]Cc1cc(Cl)c(C(=O)OCC)cn1. The Kier molecular flexibility index (Phi) is 2.77. The lowest BCUT2D eigenvalue weighted by Crippen LogP contribution is -2.06. The molecule has 1 heterocycles. The predicted octanol–water partition coefficient (Wildman–Crippen LogP) is 2.22. The lowest BCUT2D eigenvalue weighted by molar-refractivity contribution is 0.0526. The van der Waals surface area contributed by atoms with Crippen LogP contribution >= 0.6 is 11.6 Å². The molecular formula is C9H10ClNO2. The minimum Gasteiger partial charge on any atom is -0.462 e. The summed E-state index contributed by atoms with van der Waals surface area (Å²) in [6.45, 7) is 2.07. The number of nitrogens with zero attached hydrogens (tertiary/aromatic N) is 1.